The van der Waals surface area contributed by atoms with Crippen molar-refractivity contribution in [2.45, 2.75) is 31.5 Å². The fourth-order valence-corrected chi connectivity index (χ4v) is 7.40. The molecule has 2 bridgehead atoms. The Balaban J connectivity index is 1.19. The minimum absolute atomic E-state index is 0.0203. The summed E-state index contributed by atoms with van der Waals surface area (Å²) in [5.41, 5.74) is 10.7. The van der Waals surface area contributed by atoms with Crippen molar-refractivity contribution in [2.75, 3.05) is 31.6 Å². The largest absolute Gasteiger partial charge is 0.494 e. The quantitative estimate of drug-likeness (QED) is 0.317. The predicted octanol–water partition coefficient (Wildman–Crippen LogP) is 2.96. The summed E-state index contributed by atoms with van der Waals surface area (Å²) in [6, 6.07) is 12.0. The highest BCUT2D eigenvalue weighted by Gasteiger charge is 2.47. The molecular weight excluding hydrogens is 556 g/mol. The van der Waals surface area contributed by atoms with Crippen LogP contribution in [0.5, 0.6) is 5.75 Å². The summed E-state index contributed by atoms with van der Waals surface area (Å²) in [5, 5.41) is 10.3. The van der Waals surface area contributed by atoms with Gasteiger partial charge in [-0.1, -0.05) is 0 Å². The van der Waals surface area contributed by atoms with Crippen molar-refractivity contribution >= 4 is 33.8 Å². The predicted molar refractivity (Wildman–Crippen MR) is 164 cm³/mol. The molecule has 3 fully saturated rings. The van der Waals surface area contributed by atoms with Crippen molar-refractivity contribution in [3.05, 3.63) is 60.2 Å². The topological polar surface area (TPSA) is 144 Å². The maximum absolute atomic E-state index is 13.8. The van der Waals surface area contributed by atoms with E-state index in [1.165, 1.54) is 6.20 Å². The number of benzene rings is 1. The van der Waals surface area contributed by atoms with Crippen LogP contribution in [0.4, 0.5) is 5.82 Å². The second-order valence-electron chi connectivity index (χ2n) is 12.2. The number of piperidine rings is 1. The molecule has 2 aliphatic heterocycles. The lowest BCUT2D eigenvalue weighted by Gasteiger charge is -2.40. The van der Waals surface area contributed by atoms with Crippen LogP contribution in [-0.2, 0) is 13.6 Å². The molecule has 3 aliphatic rings. The van der Waals surface area contributed by atoms with Crippen LogP contribution in [0.1, 0.15) is 28.9 Å². The summed E-state index contributed by atoms with van der Waals surface area (Å²) < 4.78 is 10.2. The highest BCUT2D eigenvalue weighted by atomic mass is 16.5. The normalized spacial score (nSPS) is 21.3. The highest BCUT2D eigenvalue weighted by molar-refractivity contribution is 6.00. The Labute approximate surface area is 253 Å². The van der Waals surface area contributed by atoms with Gasteiger partial charge in [0.25, 0.3) is 5.91 Å². The lowest BCUT2D eigenvalue weighted by Crippen LogP contribution is -2.49. The van der Waals surface area contributed by atoms with Crippen LogP contribution in [0.15, 0.2) is 48.9 Å². The number of ether oxygens (including phenoxy) is 1. The molecule has 5 aromatic rings. The van der Waals surface area contributed by atoms with E-state index >= 15 is 0 Å². The molecule has 2 saturated heterocycles. The van der Waals surface area contributed by atoms with Crippen LogP contribution in [0.25, 0.3) is 33.6 Å². The van der Waals surface area contributed by atoms with Gasteiger partial charge in [-0.15, -0.1) is 0 Å². The third-order valence-electron chi connectivity index (χ3n) is 9.66. The number of hydrogen-bond donors (Lipinski definition) is 1. The van der Waals surface area contributed by atoms with Crippen LogP contribution in [0.3, 0.4) is 0 Å². The van der Waals surface area contributed by atoms with Crippen LogP contribution in [0, 0.1) is 23.2 Å². The van der Waals surface area contributed by atoms with Gasteiger partial charge in [0.05, 0.1) is 30.7 Å². The molecule has 0 unspecified atom stereocenters. The number of anilines is 1. The number of methoxy groups -OCH3 is 1. The molecule has 1 aromatic carbocycles. The number of aromatic nitrogens is 6. The van der Waals surface area contributed by atoms with Gasteiger partial charge in [0.2, 0.25) is 0 Å². The van der Waals surface area contributed by atoms with Crippen LogP contribution in [0.2, 0.25) is 0 Å². The number of fused-ring (bicyclic) bond motifs is 4. The monoisotopic (exact) mass is 588 g/mol. The van der Waals surface area contributed by atoms with E-state index in [0.717, 1.165) is 54.0 Å². The molecular formula is C32H32N10O2. The third-order valence-corrected chi connectivity index (χ3v) is 9.66. The molecule has 2 N–H and O–H groups in total. The first kappa shape index (κ1) is 26.6. The number of nitrogens with zero attached hydrogens (tertiary/aromatic N) is 9. The van der Waals surface area contributed by atoms with Gasteiger partial charge in [-0.25, -0.2) is 15.0 Å². The summed E-state index contributed by atoms with van der Waals surface area (Å²) in [6.45, 7) is 2.90. The summed E-state index contributed by atoms with van der Waals surface area (Å²) in [6.07, 6.45) is 6.99. The zero-order valence-corrected chi connectivity index (χ0v) is 24.6. The minimum atomic E-state index is -0.0203. The van der Waals surface area contributed by atoms with Crippen molar-refractivity contribution in [2.24, 2.45) is 24.6 Å². The Bertz CT molecular complexity index is 1980. The SMILES string of the molecule is COc1cc(C(=O)N2C[C@H]3CC[C@@H]2[C@@H]3N)cc2nc(-c3cc4cccnc4n3C)n(CC3CN(c4cncc(C#N)n4)C3)c12. The molecule has 0 spiro atoms. The molecule has 44 heavy (non-hydrogen) atoms. The molecule has 1 amide bonds. The minimum Gasteiger partial charge on any atom is -0.494 e. The van der Waals surface area contributed by atoms with Gasteiger partial charge in [-0.05, 0) is 49.1 Å². The van der Waals surface area contributed by atoms with Crippen molar-refractivity contribution in [3.8, 4) is 23.3 Å². The van der Waals surface area contributed by atoms with Crippen molar-refractivity contribution in [1.82, 2.24) is 34.0 Å². The number of nitrogens with two attached hydrogens (primary N) is 1. The van der Waals surface area contributed by atoms with Gasteiger partial charge >= 0.3 is 0 Å². The number of nitriles is 1. The molecule has 3 atom stereocenters. The molecule has 222 valence electrons. The zero-order valence-electron chi connectivity index (χ0n) is 24.6. The summed E-state index contributed by atoms with van der Waals surface area (Å²) in [5.74, 6) is 2.74. The summed E-state index contributed by atoms with van der Waals surface area (Å²) in [4.78, 5) is 36.2. The fraction of sp³-hybridized carbons (Fsp3) is 0.375. The number of carbonyl (C=O) groups is 1. The number of carbonyl (C=O) groups excluding carboxylic acids is 1. The van der Waals surface area contributed by atoms with E-state index in [1.807, 2.05) is 36.2 Å². The average Bonchev–Trinajstić information content (AvgIpc) is 3.77. The number of hydrogen-bond acceptors (Lipinski definition) is 9. The van der Waals surface area contributed by atoms with E-state index in [9.17, 15) is 10.1 Å². The van der Waals surface area contributed by atoms with E-state index in [4.69, 9.17) is 15.5 Å². The molecule has 0 radical (unpaired) electrons. The molecule has 6 heterocycles. The van der Waals surface area contributed by atoms with E-state index in [-0.39, 0.29) is 18.0 Å². The number of likely N-dealkylation sites (tertiary alicyclic amines) is 1. The molecule has 12 heteroatoms. The Morgan fingerprint density at radius 1 is 1.16 bits per heavy atom. The number of pyridine rings is 1. The Kier molecular flexibility index (Phi) is 6.06. The summed E-state index contributed by atoms with van der Waals surface area (Å²) >= 11 is 0. The van der Waals surface area contributed by atoms with Gasteiger partial charge in [-0.2, -0.15) is 5.26 Å². The maximum Gasteiger partial charge on any atom is 0.254 e. The number of imidazole rings is 1. The first-order chi connectivity index (χ1) is 21.4. The first-order valence-electron chi connectivity index (χ1n) is 15.0. The standard InChI is InChI=1S/C32H32N10O2/c1-39-25(9-19-4-3-7-36-30(19)39)31-38-23-8-21(32(43)41-17-20-5-6-24(41)28(20)34)10-26(44-2)29(23)42(31)16-18-14-40(15-18)27-13-35-12-22(11-33)37-27/h3-4,7-10,12-13,18,20,24,28H,5-6,14-17,34H2,1-2H3/t20-,24-,28-/m1/s1. The third kappa shape index (κ3) is 4.03. The number of aryl methyl sites for hydroxylation is 1. The second-order valence-corrected chi connectivity index (χ2v) is 12.2. The lowest BCUT2D eigenvalue weighted by atomic mass is 10.00. The fourth-order valence-electron chi connectivity index (χ4n) is 7.40. The molecule has 1 saturated carbocycles. The average molecular weight is 589 g/mol. The smallest absolute Gasteiger partial charge is 0.254 e. The lowest BCUT2D eigenvalue weighted by molar-refractivity contribution is 0.0700. The van der Waals surface area contributed by atoms with Crippen LogP contribution < -0.4 is 15.4 Å². The molecule has 12 nitrogen and oxygen atoms in total. The van der Waals surface area contributed by atoms with Crippen molar-refractivity contribution in [3.63, 3.8) is 0 Å². The molecule has 4 aromatic heterocycles. The van der Waals surface area contributed by atoms with Gasteiger partial charge in [0.15, 0.2) is 11.5 Å². The second kappa shape index (κ2) is 10.0. The first-order valence-corrected chi connectivity index (χ1v) is 15.0. The van der Waals surface area contributed by atoms with Crippen LogP contribution in [-0.4, -0.2) is 78.7 Å². The van der Waals surface area contributed by atoms with E-state index in [0.29, 0.717) is 53.3 Å². The molecule has 8 rings (SSSR count). The van der Waals surface area contributed by atoms with Gasteiger partial charge in [0.1, 0.15) is 28.8 Å². The number of rotatable bonds is 6. The Morgan fingerprint density at radius 3 is 2.75 bits per heavy atom. The molecule has 1 aliphatic carbocycles. The van der Waals surface area contributed by atoms with Gasteiger partial charge in [0, 0.05) is 68.4 Å². The number of amides is 1. The Morgan fingerprint density at radius 2 is 2.02 bits per heavy atom. The van der Waals surface area contributed by atoms with E-state index in [2.05, 4.69) is 41.1 Å². The van der Waals surface area contributed by atoms with Crippen molar-refractivity contribution in [1.29, 1.82) is 5.26 Å². The maximum atomic E-state index is 13.8. The Hall–Kier alpha value is -5.02. The van der Waals surface area contributed by atoms with Crippen molar-refractivity contribution < 1.29 is 9.53 Å². The highest BCUT2D eigenvalue weighted by Crippen LogP contribution is 2.40. The van der Waals surface area contributed by atoms with E-state index < -0.39 is 0 Å². The van der Waals surface area contributed by atoms with Gasteiger partial charge in [-0.3, -0.25) is 9.78 Å². The van der Waals surface area contributed by atoms with E-state index in [1.54, 1.807) is 19.5 Å². The van der Waals surface area contributed by atoms with Crippen LogP contribution >= 0.6 is 0 Å². The zero-order chi connectivity index (χ0) is 30.1. The summed E-state index contributed by atoms with van der Waals surface area (Å²) in [7, 11) is 3.64. The van der Waals surface area contributed by atoms with Gasteiger partial charge < -0.3 is 29.4 Å².